The van der Waals surface area contributed by atoms with E-state index in [0.29, 0.717) is 22.8 Å². The fraction of sp³-hybridized carbons (Fsp3) is 0.348. The van der Waals surface area contributed by atoms with Gasteiger partial charge in [0.25, 0.3) is 0 Å². The molecule has 0 bridgehead atoms. The van der Waals surface area contributed by atoms with E-state index in [2.05, 4.69) is 5.32 Å². The van der Waals surface area contributed by atoms with Crippen molar-refractivity contribution >= 4 is 23.5 Å². The summed E-state index contributed by atoms with van der Waals surface area (Å²) in [6.07, 6.45) is -0.0188. The van der Waals surface area contributed by atoms with E-state index in [1.54, 1.807) is 26.0 Å². The van der Waals surface area contributed by atoms with Gasteiger partial charge < -0.3 is 29.0 Å². The number of rotatable bonds is 10. The van der Waals surface area contributed by atoms with Crippen molar-refractivity contribution in [1.82, 2.24) is 0 Å². The van der Waals surface area contributed by atoms with Crippen molar-refractivity contribution in [3.63, 3.8) is 0 Å². The van der Waals surface area contributed by atoms with Gasteiger partial charge >= 0.3 is 11.9 Å². The van der Waals surface area contributed by atoms with E-state index in [9.17, 15) is 14.4 Å². The van der Waals surface area contributed by atoms with Crippen LogP contribution in [0.3, 0.4) is 0 Å². The minimum absolute atomic E-state index is 0.0188. The largest absolute Gasteiger partial charge is 0.493 e. The van der Waals surface area contributed by atoms with Gasteiger partial charge in [0.1, 0.15) is 0 Å². The van der Waals surface area contributed by atoms with E-state index in [1.165, 1.54) is 39.5 Å². The fourth-order valence-corrected chi connectivity index (χ4v) is 2.99. The van der Waals surface area contributed by atoms with Gasteiger partial charge in [-0.05, 0) is 49.7 Å². The van der Waals surface area contributed by atoms with Gasteiger partial charge in [-0.2, -0.15) is 0 Å². The van der Waals surface area contributed by atoms with Crippen molar-refractivity contribution in [3.05, 3.63) is 47.0 Å². The topological polar surface area (TPSA) is 109 Å². The minimum atomic E-state index is -0.612. The normalized spacial score (nSPS) is 10.2. The van der Waals surface area contributed by atoms with E-state index in [0.717, 1.165) is 0 Å². The number of hydrogen-bond donors (Lipinski definition) is 1. The minimum Gasteiger partial charge on any atom is -0.493 e. The molecule has 9 nitrogen and oxygen atoms in total. The predicted molar refractivity (Wildman–Crippen MR) is 117 cm³/mol. The van der Waals surface area contributed by atoms with Crippen molar-refractivity contribution in [3.8, 4) is 17.2 Å². The van der Waals surface area contributed by atoms with Crippen LogP contribution < -0.4 is 19.5 Å². The number of nitrogens with one attached hydrogen (secondary N) is 1. The molecule has 0 heterocycles. The molecule has 0 saturated heterocycles. The lowest BCUT2D eigenvalue weighted by atomic mass is 10.1. The van der Waals surface area contributed by atoms with Crippen LogP contribution in [0.15, 0.2) is 30.3 Å². The molecule has 0 aromatic heterocycles. The Morgan fingerprint density at radius 3 is 1.66 bits per heavy atom. The molecule has 0 atom stereocenters. The molecule has 2 aromatic carbocycles. The Labute approximate surface area is 186 Å². The molecule has 1 N–H and O–H groups in total. The second-order valence-corrected chi connectivity index (χ2v) is 6.50. The molecule has 0 aliphatic rings. The third kappa shape index (κ3) is 6.13. The highest BCUT2D eigenvalue weighted by atomic mass is 16.5. The third-order valence-corrected chi connectivity index (χ3v) is 4.33. The van der Waals surface area contributed by atoms with Gasteiger partial charge in [0.2, 0.25) is 11.7 Å². The molecule has 32 heavy (non-hydrogen) atoms. The van der Waals surface area contributed by atoms with E-state index in [1.807, 2.05) is 0 Å². The summed E-state index contributed by atoms with van der Waals surface area (Å²) in [4.78, 5) is 37.1. The summed E-state index contributed by atoms with van der Waals surface area (Å²) in [6.45, 7) is 3.69. The van der Waals surface area contributed by atoms with E-state index in [-0.39, 0.29) is 42.4 Å². The lowest BCUT2D eigenvalue weighted by Gasteiger charge is -2.14. The van der Waals surface area contributed by atoms with Crippen LogP contribution in [0.25, 0.3) is 0 Å². The molecule has 0 radical (unpaired) electrons. The summed E-state index contributed by atoms with van der Waals surface area (Å²) < 4.78 is 25.9. The number of carbonyl (C=O) groups excluding carboxylic acids is 3. The summed E-state index contributed by atoms with van der Waals surface area (Å²) in [5.74, 6) is -0.347. The highest BCUT2D eigenvalue weighted by molar-refractivity contribution is 6.00. The maximum absolute atomic E-state index is 12.7. The highest BCUT2D eigenvalue weighted by Gasteiger charge is 2.18. The molecule has 0 aliphatic carbocycles. The van der Waals surface area contributed by atoms with Crippen LogP contribution in [0.1, 0.15) is 40.1 Å². The van der Waals surface area contributed by atoms with Crippen molar-refractivity contribution in [1.29, 1.82) is 0 Å². The van der Waals surface area contributed by atoms with Crippen LogP contribution >= 0.6 is 0 Å². The molecule has 1 amide bonds. The Morgan fingerprint density at radius 2 is 1.25 bits per heavy atom. The van der Waals surface area contributed by atoms with Gasteiger partial charge in [-0.3, -0.25) is 4.79 Å². The van der Waals surface area contributed by atoms with Crippen LogP contribution in [-0.2, 0) is 20.7 Å². The number of anilines is 1. The smallest absolute Gasteiger partial charge is 0.338 e. The van der Waals surface area contributed by atoms with Gasteiger partial charge in [-0.15, -0.1) is 0 Å². The van der Waals surface area contributed by atoms with E-state index in [4.69, 9.17) is 23.7 Å². The van der Waals surface area contributed by atoms with Crippen LogP contribution in [0.4, 0.5) is 5.69 Å². The highest BCUT2D eigenvalue weighted by Crippen LogP contribution is 2.38. The van der Waals surface area contributed by atoms with Crippen molar-refractivity contribution in [2.24, 2.45) is 0 Å². The quantitative estimate of drug-likeness (QED) is 0.555. The number of carbonyl (C=O) groups is 3. The molecule has 172 valence electrons. The number of esters is 2. The summed E-state index contributed by atoms with van der Waals surface area (Å²) in [6, 6.07) is 7.58. The Bertz CT molecular complexity index is 925. The van der Waals surface area contributed by atoms with Gasteiger partial charge in [-0.1, -0.05) is 0 Å². The summed E-state index contributed by atoms with van der Waals surface area (Å²) in [5, 5.41) is 2.70. The molecular formula is C23H27NO8. The maximum atomic E-state index is 12.7. The van der Waals surface area contributed by atoms with Crippen molar-refractivity contribution in [2.45, 2.75) is 20.3 Å². The van der Waals surface area contributed by atoms with Crippen LogP contribution in [-0.4, -0.2) is 52.4 Å². The lowest BCUT2D eigenvalue weighted by Crippen LogP contribution is -2.16. The maximum Gasteiger partial charge on any atom is 0.338 e. The second kappa shape index (κ2) is 11.6. The van der Waals surface area contributed by atoms with Crippen molar-refractivity contribution < 1.29 is 38.1 Å². The van der Waals surface area contributed by atoms with Gasteiger partial charge in [-0.25, -0.2) is 9.59 Å². The van der Waals surface area contributed by atoms with Crippen LogP contribution in [0.2, 0.25) is 0 Å². The average molecular weight is 445 g/mol. The SMILES string of the molecule is CCOC(=O)c1cc(NC(=O)Cc2cc(OC)c(OC)c(OC)c2)cc(C(=O)OCC)c1. The molecule has 2 rings (SSSR count). The summed E-state index contributed by atoms with van der Waals surface area (Å²) >= 11 is 0. The molecule has 0 saturated carbocycles. The monoisotopic (exact) mass is 445 g/mol. The van der Waals surface area contributed by atoms with Crippen LogP contribution in [0.5, 0.6) is 17.2 Å². The first-order chi connectivity index (χ1) is 15.4. The van der Waals surface area contributed by atoms with Gasteiger partial charge in [0.05, 0.1) is 52.1 Å². The average Bonchev–Trinajstić information content (AvgIpc) is 2.78. The fourth-order valence-electron chi connectivity index (χ4n) is 2.99. The van der Waals surface area contributed by atoms with E-state index >= 15 is 0 Å². The summed E-state index contributed by atoms with van der Waals surface area (Å²) in [5.41, 5.74) is 1.13. The molecule has 0 fully saturated rings. The number of ether oxygens (including phenoxy) is 5. The molecule has 0 unspecified atom stereocenters. The van der Waals surface area contributed by atoms with Gasteiger partial charge in [0, 0.05) is 5.69 Å². The first-order valence-electron chi connectivity index (χ1n) is 9.94. The summed E-state index contributed by atoms with van der Waals surface area (Å²) in [7, 11) is 4.46. The molecular weight excluding hydrogens is 418 g/mol. The zero-order valence-corrected chi connectivity index (χ0v) is 18.8. The first-order valence-corrected chi connectivity index (χ1v) is 9.94. The van der Waals surface area contributed by atoms with Gasteiger partial charge in [0.15, 0.2) is 11.5 Å². The number of benzene rings is 2. The molecule has 9 heteroatoms. The predicted octanol–water partition coefficient (Wildman–Crippen LogP) is 3.25. The Balaban J connectivity index is 2.30. The number of methoxy groups -OCH3 is 3. The first kappa shape index (κ1) is 24.5. The van der Waals surface area contributed by atoms with Crippen LogP contribution in [0, 0.1) is 0 Å². The second-order valence-electron chi connectivity index (χ2n) is 6.50. The molecule has 2 aromatic rings. The zero-order valence-electron chi connectivity index (χ0n) is 18.8. The standard InChI is InChI=1S/C23H27NO8/c1-6-31-22(26)15-11-16(23(27)32-7-2)13-17(12-15)24-20(25)10-14-8-18(28-3)21(30-5)19(9-14)29-4/h8-9,11-13H,6-7,10H2,1-5H3,(H,24,25). The zero-order chi connectivity index (χ0) is 23.7. The van der Waals surface area contributed by atoms with E-state index < -0.39 is 11.9 Å². The molecule has 0 spiro atoms. The lowest BCUT2D eigenvalue weighted by molar-refractivity contribution is -0.115. The Hall–Kier alpha value is -3.75. The Morgan fingerprint density at radius 1 is 0.750 bits per heavy atom. The van der Waals surface area contributed by atoms with Crippen molar-refractivity contribution in [2.75, 3.05) is 39.9 Å². The Kier molecular flexibility index (Phi) is 8.88. The number of amides is 1. The molecule has 0 aliphatic heterocycles. The number of hydrogen-bond acceptors (Lipinski definition) is 8. The third-order valence-electron chi connectivity index (χ3n) is 4.33.